The van der Waals surface area contributed by atoms with Crippen molar-refractivity contribution in [3.05, 3.63) is 52.3 Å². The Morgan fingerprint density at radius 3 is 2.50 bits per heavy atom. The van der Waals surface area contributed by atoms with Crippen LogP contribution in [0.4, 0.5) is 10.1 Å². The number of rotatable bonds is 6. The Kier molecular flexibility index (Phi) is 5.75. The summed E-state index contributed by atoms with van der Waals surface area (Å²) in [6.45, 7) is -0.335. The fraction of sp³-hybridized carbons (Fsp3) is 0.125. The Morgan fingerprint density at radius 1 is 1.25 bits per heavy atom. The molecule has 2 N–H and O–H groups in total. The SMILES string of the molecule is COc1cc(C(=O)O)cc(Br)c1OCC(=O)Nc1ccc(F)cc1. The molecule has 0 spiro atoms. The fourth-order valence-corrected chi connectivity index (χ4v) is 2.41. The topological polar surface area (TPSA) is 84.9 Å². The molecule has 2 rings (SSSR count). The van der Waals surface area contributed by atoms with Crippen LogP contribution in [0.25, 0.3) is 0 Å². The zero-order chi connectivity index (χ0) is 17.7. The minimum Gasteiger partial charge on any atom is -0.493 e. The molecule has 0 fully saturated rings. The van der Waals surface area contributed by atoms with Crippen LogP contribution in [0.5, 0.6) is 11.5 Å². The van der Waals surface area contributed by atoms with Crippen molar-refractivity contribution in [1.82, 2.24) is 0 Å². The number of aromatic carboxylic acids is 1. The summed E-state index contributed by atoms with van der Waals surface area (Å²) in [5.74, 6) is -1.60. The summed E-state index contributed by atoms with van der Waals surface area (Å²) >= 11 is 3.19. The van der Waals surface area contributed by atoms with Crippen LogP contribution in [-0.4, -0.2) is 30.7 Å². The maximum absolute atomic E-state index is 12.8. The first-order chi connectivity index (χ1) is 11.4. The van der Waals surface area contributed by atoms with Crippen molar-refractivity contribution in [2.24, 2.45) is 0 Å². The van der Waals surface area contributed by atoms with E-state index in [1.807, 2.05) is 0 Å². The Balaban J connectivity index is 2.06. The number of benzene rings is 2. The van der Waals surface area contributed by atoms with Gasteiger partial charge in [-0.25, -0.2) is 9.18 Å². The van der Waals surface area contributed by atoms with Crippen LogP contribution in [0.1, 0.15) is 10.4 Å². The van der Waals surface area contributed by atoms with Crippen molar-refractivity contribution in [2.75, 3.05) is 19.0 Å². The van der Waals surface area contributed by atoms with Gasteiger partial charge in [0.1, 0.15) is 5.82 Å². The zero-order valence-electron chi connectivity index (χ0n) is 12.5. The van der Waals surface area contributed by atoms with Crippen LogP contribution >= 0.6 is 15.9 Å². The molecule has 0 bridgehead atoms. The Bertz CT molecular complexity index is 764. The summed E-state index contributed by atoms with van der Waals surface area (Å²) in [5, 5.41) is 11.6. The standard InChI is InChI=1S/C16H13BrFNO5/c1-23-13-7-9(16(21)22)6-12(17)15(13)24-8-14(20)19-11-4-2-10(18)3-5-11/h2-7H,8H2,1H3,(H,19,20)(H,21,22). The minimum absolute atomic E-state index is 0.0156. The summed E-state index contributed by atoms with van der Waals surface area (Å²) in [6.07, 6.45) is 0. The largest absolute Gasteiger partial charge is 0.493 e. The number of anilines is 1. The number of carboxylic acid groups (broad SMARTS) is 1. The van der Waals surface area contributed by atoms with E-state index in [9.17, 15) is 14.0 Å². The quantitative estimate of drug-likeness (QED) is 0.780. The summed E-state index contributed by atoms with van der Waals surface area (Å²) in [6, 6.07) is 7.93. The molecule has 0 unspecified atom stereocenters. The molecule has 0 aliphatic rings. The number of ether oxygens (including phenoxy) is 2. The molecule has 2 aromatic rings. The van der Waals surface area contributed by atoms with Crippen molar-refractivity contribution in [3.63, 3.8) is 0 Å². The van der Waals surface area contributed by atoms with Crippen molar-refractivity contribution in [1.29, 1.82) is 0 Å². The van der Waals surface area contributed by atoms with Crippen LogP contribution in [0.3, 0.4) is 0 Å². The number of nitrogens with one attached hydrogen (secondary N) is 1. The molecule has 24 heavy (non-hydrogen) atoms. The Hall–Kier alpha value is -2.61. The van der Waals surface area contributed by atoms with Gasteiger partial charge in [-0.15, -0.1) is 0 Å². The third-order valence-electron chi connectivity index (χ3n) is 2.95. The number of amides is 1. The first kappa shape index (κ1) is 17.7. The van der Waals surface area contributed by atoms with E-state index >= 15 is 0 Å². The Morgan fingerprint density at radius 2 is 1.92 bits per heavy atom. The second kappa shape index (κ2) is 7.78. The van der Waals surface area contributed by atoms with E-state index in [1.165, 1.54) is 43.5 Å². The monoisotopic (exact) mass is 397 g/mol. The number of hydrogen-bond acceptors (Lipinski definition) is 4. The van der Waals surface area contributed by atoms with Crippen LogP contribution in [0.15, 0.2) is 40.9 Å². The van der Waals surface area contributed by atoms with Gasteiger partial charge in [-0.2, -0.15) is 0 Å². The smallest absolute Gasteiger partial charge is 0.335 e. The first-order valence-corrected chi connectivity index (χ1v) is 7.49. The molecule has 8 heteroatoms. The van der Waals surface area contributed by atoms with Crippen LogP contribution in [0.2, 0.25) is 0 Å². The highest BCUT2D eigenvalue weighted by molar-refractivity contribution is 9.10. The molecule has 2 aromatic carbocycles. The second-order valence-electron chi connectivity index (χ2n) is 4.64. The Labute approximate surface area is 145 Å². The van der Waals surface area contributed by atoms with E-state index in [1.54, 1.807) is 0 Å². The molecule has 126 valence electrons. The third-order valence-corrected chi connectivity index (χ3v) is 3.54. The molecule has 6 nitrogen and oxygen atoms in total. The number of carboxylic acids is 1. The van der Waals surface area contributed by atoms with E-state index < -0.39 is 17.7 Å². The average molecular weight is 398 g/mol. The maximum atomic E-state index is 12.8. The van der Waals surface area contributed by atoms with Crippen LogP contribution < -0.4 is 14.8 Å². The zero-order valence-corrected chi connectivity index (χ0v) is 14.1. The van der Waals surface area contributed by atoms with Gasteiger partial charge in [-0.05, 0) is 52.3 Å². The number of carbonyl (C=O) groups is 2. The van der Waals surface area contributed by atoms with E-state index in [0.717, 1.165) is 0 Å². The minimum atomic E-state index is -1.12. The highest BCUT2D eigenvalue weighted by Crippen LogP contribution is 2.36. The molecule has 1 amide bonds. The molecular formula is C16H13BrFNO5. The van der Waals surface area contributed by atoms with Gasteiger partial charge >= 0.3 is 5.97 Å². The van der Waals surface area contributed by atoms with Gasteiger partial charge in [0.2, 0.25) is 0 Å². The normalized spacial score (nSPS) is 10.1. The van der Waals surface area contributed by atoms with Gasteiger partial charge in [0.25, 0.3) is 5.91 Å². The molecule has 0 saturated heterocycles. The molecule has 0 aliphatic heterocycles. The van der Waals surface area contributed by atoms with Crippen molar-refractivity contribution in [2.45, 2.75) is 0 Å². The van der Waals surface area contributed by atoms with E-state index in [-0.39, 0.29) is 23.7 Å². The fourth-order valence-electron chi connectivity index (χ4n) is 1.85. The lowest BCUT2D eigenvalue weighted by atomic mass is 10.2. The van der Waals surface area contributed by atoms with Crippen molar-refractivity contribution in [3.8, 4) is 11.5 Å². The van der Waals surface area contributed by atoms with Gasteiger partial charge in [-0.3, -0.25) is 4.79 Å². The molecular weight excluding hydrogens is 385 g/mol. The number of hydrogen-bond donors (Lipinski definition) is 2. The number of methoxy groups -OCH3 is 1. The lowest BCUT2D eigenvalue weighted by Crippen LogP contribution is -2.20. The lowest BCUT2D eigenvalue weighted by molar-refractivity contribution is -0.118. The predicted molar refractivity (Wildman–Crippen MR) is 88.2 cm³/mol. The first-order valence-electron chi connectivity index (χ1n) is 6.69. The molecule has 0 radical (unpaired) electrons. The van der Waals surface area contributed by atoms with E-state index in [4.69, 9.17) is 14.6 Å². The lowest BCUT2D eigenvalue weighted by Gasteiger charge is -2.13. The van der Waals surface area contributed by atoms with Crippen LogP contribution in [0, 0.1) is 5.82 Å². The number of carbonyl (C=O) groups excluding carboxylic acids is 1. The molecule has 0 atom stereocenters. The van der Waals surface area contributed by atoms with E-state index in [0.29, 0.717) is 10.2 Å². The second-order valence-corrected chi connectivity index (χ2v) is 5.49. The van der Waals surface area contributed by atoms with Gasteiger partial charge < -0.3 is 19.9 Å². The number of halogens is 2. The summed E-state index contributed by atoms with van der Waals surface area (Å²) in [4.78, 5) is 22.9. The molecule has 0 saturated carbocycles. The summed E-state index contributed by atoms with van der Waals surface area (Å²) < 4.78 is 23.6. The van der Waals surface area contributed by atoms with Gasteiger partial charge in [0.05, 0.1) is 17.1 Å². The summed E-state index contributed by atoms with van der Waals surface area (Å²) in [5.41, 5.74) is 0.444. The molecule has 0 aliphatic carbocycles. The van der Waals surface area contributed by atoms with Crippen molar-refractivity contribution >= 4 is 33.5 Å². The molecule has 0 heterocycles. The van der Waals surface area contributed by atoms with Gasteiger partial charge in [0.15, 0.2) is 18.1 Å². The third kappa shape index (κ3) is 4.45. The van der Waals surface area contributed by atoms with Crippen molar-refractivity contribution < 1.29 is 28.6 Å². The van der Waals surface area contributed by atoms with E-state index in [2.05, 4.69) is 21.2 Å². The highest BCUT2D eigenvalue weighted by atomic mass is 79.9. The average Bonchev–Trinajstić information content (AvgIpc) is 2.55. The van der Waals surface area contributed by atoms with Gasteiger partial charge in [-0.1, -0.05) is 0 Å². The highest BCUT2D eigenvalue weighted by Gasteiger charge is 2.16. The van der Waals surface area contributed by atoms with Gasteiger partial charge in [0, 0.05) is 5.69 Å². The predicted octanol–water partition coefficient (Wildman–Crippen LogP) is 3.31. The maximum Gasteiger partial charge on any atom is 0.335 e. The van der Waals surface area contributed by atoms with Crippen LogP contribution in [-0.2, 0) is 4.79 Å². The summed E-state index contributed by atoms with van der Waals surface area (Å²) in [7, 11) is 1.36. The molecule has 0 aromatic heterocycles.